The van der Waals surface area contributed by atoms with Crippen LogP contribution in [-0.4, -0.2) is 27.7 Å². The van der Waals surface area contributed by atoms with E-state index in [1.807, 2.05) is 4.90 Å². The SMILES string of the molecule is CCc1ccc(C(C)N2CC(SC(C)=O)CC2=O)cc1. The van der Waals surface area contributed by atoms with Crippen molar-refractivity contribution in [2.24, 2.45) is 0 Å². The lowest BCUT2D eigenvalue weighted by molar-refractivity contribution is -0.129. The first kappa shape index (κ1) is 15.1. The summed E-state index contributed by atoms with van der Waals surface area (Å²) in [7, 11) is 0. The predicted molar refractivity (Wildman–Crippen MR) is 82.6 cm³/mol. The Morgan fingerprint density at radius 1 is 1.40 bits per heavy atom. The number of hydrogen-bond acceptors (Lipinski definition) is 3. The Hall–Kier alpha value is -1.29. The van der Waals surface area contributed by atoms with Crippen LogP contribution < -0.4 is 0 Å². The number of benzene rings is 1. The van der Waals surface area contributed by atoms with Gasteiger partial charge in [0, 0.05) is 25.1 Å². The van der Waals surface area contributed by atoms with Crippen LogP contribution in [0, 0.1) is 0 Å². The molecule has 1 heterocycles. The zero-order valence-corrected chi connectivity index (χ0v) is 13.1. The van der Waals surface area contributed by atoms with Crippen molar-refractivity contribution in [2.45, 2.75) is 44.9 Å². The fraction of sp³-hybridized carbons (Fsp3) is 0.500. The fourth-order valence-electron chi connectivity index (χ4n) is 2.60. The molecule has 3 nitrogen and oxygen atoms in total. The van der Waals surface area contributed by atoms with E-state index in [1.165, 1.54) is 17.3 Å². The molecule has 1 aliphatic heterocycles. The van der Waals surface area contributed by atoms with Gasteiger partial charge in [-0.2, -0.15) is 0 Å². The number of aryl methyl sites for hydroxylation is 1. The molecule has 20 heavy (non-hydrogen) atoms. The van der Waals surface area contributed by atoms with Crippen molar-refractivity contribution in [2.75, 3.05) is 6.54 Å². The van der Waals surface area contributed by atoms with Gasteiger partial charge in [0.25, 0.3) is 0 Å². The van der Waals surface area contributed by atoms with E-state index >= 15 is 0 Å². The van der Waals surface area contributed by atoms with Gasteiger partial charge in [0.15, 0.2) is 5.12 Å². The maximum atomic E-state index is 12.1. The largest absolute Gasteiger partial charge is 0.335 e. The second-order valence-electron chi connectivity index (χ2n) is 5.25. The van der Waals surface area contributed by atoms with Crippen LogP contribution in [0.15, 0.2) is 24.3 Å². The third-order valence-electron chi connectivity index (χ3n) is 3.79. The number of rotatable bonds is 4. The number of carbonyl (C=O) groups is 2. The molecule has 1 aromatic rings. The summed E-state index contributed by atoms with van der Waals surface area (Å²) in [6, 6.07) is 8.51. The van der Waals surface area contributed by atoms with Gasteiger partial charge < -0.3 is 4.90 Å². The highest BCUT2D eigenvalue weighted by atomic mass is 32.2. The maximum Gasteiger partial charge on any atom is 0.224 e. The van der Waals surface area contributed by atoms with E-state index in [1.54, 1.807) is 6.92 Å². The molecule has 1 amide bonds. The van der Waals surface area contributed by atoms with Gasteiger partial charge in [-0.3, -0.25) is 9.59 Å². The molecule has 2 unspecified atom stereocenters. The first-order chi connectivity index (χ1) is 9.51. The normalized spacial score (nSPS) is 20.2. The second kappa shape index (κ2) is 6.44. The van der Waals surface area contributed by atoms with Crippen molar-refractivity contribution in [1.82, 2.24) is 4.90 Å². The minimum absolute atomic E-state index is 0.0750. The highest BCUT2D eigenvalue weighted by molar-refractivity contribution is 8.14. The van der Waals surface area contributed by atoms with Crippen LogP contribution in [0.2, 0.25) is 0 Å². The zero-order chi connectivity index (χ0) is 14.7. The van der Waals surface area contributed by atoms with Crippen molar-refractivity contribution >= 4 is 22.8 Å². The topological polar surface area (TPSA) is 37.4 Å². The van der Waals surface area contributed by atoms with E-state index in [2.05, 4.69) is 38.1 Å². The van der Waals surface area contributed by atoms with Crippen molar-refractivity contribution in [3.63, 3.8) is 0 Å². The van der Waals surface area contributed by atoms with Crippen LogP contribution in [0.1, 0.15) is 44.4 Å². The van der Waals surface area contributed by atoms with Gasteiger partial charge in [-0.05, 0) is 24.5 Å². The standard InChI is InChI=1S/C16H21NO2S/c1-4-13-5-7-14(8-6-13)11(2)17-10-15(9-16(17)19)20-12(3)18/h5-8,11,15H,4,9-10H2,1-3H3. The number of nitrogens with zero attached hydrogens (tertiary/aromatic N) is 1. The molecule has 0 bridgehead atoms. The zero-order valence-electron chi connectivity index (χ0n) is 12.3. The average Bonchev–Trinajstić information content (AvgIpc) is 2.78. The Kier molecular flexibility index (Phi) is 4.86. The molecule has 2 rings (SSSR count). The molecule has 0 spiro atoms. The van der Waals surface area contributed by atoms with Gasteiger partial charge in [-0.15, -0.1) is 0 Å². The molecule has 0 radical (unpaired) electrons. The smallest absolute Gasteiger partial charge is 0.224 e. The van der Waals surface area contributed by atoms with Crippen molar-refractivity contribution in [1.29, 1.82) is 0 Å². The van der Waals surface area contributed by atoms with E-state index in [9.17, 15) is 9.59 Å². The molecule has 2 atom stereocenters. The summed E-state index contributed by atoms with van der Waals surface area (Å²) < 4.78 is 0. The van der Waals surface area contributed by atoms with Gasteiger partial charge >= 0.3 is 0 Å². The van der Waals surface area contributed by atoms with Crippen molar-refractivity contribution < 1.29 is 9.59 Å². The van der Waals surface area contributed by atoms with Gasteiger partial charge in [-0.25, -0.2) is 0 Å². The summed E-state index contributed by atoms with van der Waals surface area (Å²) in [6.45, 7) is 6.41. The van der Waals surface area contributed by atoms with E-state index in [0.717, 1.165) is 12.0 Å². The first-order valence-electron chi connectivity index (χ1n) is 7.06. The number of thioether (sulfide) groups is 1. The van der Waals surface area contributed by atoms with Gasteiger partial charge in [0.1, 0.15) is 0 Å². The molecular formula is C16H21NO2S. The lowest BCUT2D eigenvalue weighted by atomic mass is 10.0. The average molecular weight is 291 g/mol. The minimum Gasteiger partial charge on any atom is -0.335 e. The fourth-order valence-corrected chi connectivity index (χ4v) is 3.53. The van der Waals surface area contributed by atoms with E-state index in [4.69, 9.17) is 0 Å². The van der Waals surface area contributed by atoms with Gasteiger partial charge in [-0.1, -0.05) is 43.0 Å². The third-order valence-corrected chi connectivity index (χ3v) is 4.77. The Labute approximate surface area is 124 Å². The molecule has 0 saturated carbocycles. The van der Waals surface area contributed by atoms with E-state index in [-0.39, 0.29) is 22.3 Å². The van der Waals surface area contributed by atoms with Gasteiger partial charge in [0.05, 0.1) is 6.04 Å². The highest BCUT2D eigenvalue weighted by Gasteiger charge is 2.34. The third kappa shape index (κ3) is 3.42. The molecule has 0 aliphatic carbocycles. The van der Waals surface area contributed by atoms with E-state index in [0.29, 0.717) is 13.0 Å². The van der Waals surface area contributed by atoms with Crippen molar-refractivity contribution in [3.8, 4) is 0 Å². The summed E-state index contributed by atoms with van der Waals surface area (Å²) in [4.78, 5) is 25.2. The molecule has 108 valence electrons. The summed E-state index contributed by atoms with van der Waals surface area (Å²) in [5.41, 5.74) is 2.46. The number of carbonyl (C=O) groups excluding carboxylic acids is 2. The van der Waals surface area contributed by atoms with Crippen LogP contribution in [0.25, 0.3) is 0 Å². The molecule has 0 N–H and O–H groups in total. The molecular weight excluding hydrogens is 270 g/mol. The molecule has 4 heteroatoms. The van der Waals surface area contributed by atoms with Crippen LogP contribution >= 0.6 is 11.8 Å². The molecule has 1 aliphatic rings. The van der Waals surface area contributed by atoms with Crippen LogP contribution in [0.3, 0.4) is 0 Å². The molecule has 0 aromatic heterocycles. The minimum atomic E-state index is 0.0750. The summed E-state index contributed by atoms with van der Waals surface area (Å²) in [5, 5.41) is 0.196. The lowest BCUT2D eigenvalue weighted by Gasteiger charge is -2.25. The molecule has 1 aromatic carbocycles. The van der Waals surface area contributed by atoms with Crippen LogP contribution in [-0.2, 0) is 16.0 Å². The Balaban J connectivity index is 2.06. The van der Waals surface area contributed by atoms with Crippen LogP contribution in [0.4, 0.5) is 0 Å². The summed E-state index contributed by atoms with van der Waals surface area (Å²) >= 11 is 1.29. The summed E-state index contributed by atoms with van der Waals surface area (Å²) in [6.07, 6.45) is 1.50. The highest BCUT2D eigenvalue weighted by Crippen LogP contribution is 2.31. The first-order valence-corrected chi connectivity index (χ1v) is 7.94. The summed E-state index contributed by atoms with van der Waals surface area (Å²) in [5.74, 6) is 0.149. The Morgan fingerprint density at radius 3 is 2.60 bits per heavy atom. The second-order valence-corrected chi connectivity index (χ2v) is 6.73. The Bertz CT molecular complexity index is 498. The van der Waals surface area contributed by atoms with Crippen LogP contribution in [0.5, 0.6) is 0 Å². The van der Waals surface area contributed by atoms with E-state index < -0.39 is 0 Å². The number of amides is 1. The lowest BCUT2D eigenvalue weighted by Crippen LogP contribution is -2.28. The number of likely N-dealkylation sites (tertiary alicyclic amines) is 1. The maximum absolute atomic E-state index is 12.1. The molecule has 1 saturated heterocycles. The molecule has 1 fully saturated rings. The van der Waals surface area contributed by atoms with Gasteiger partial charge in [0.2, 0.25) is 5.91 Å². The quantitative estimate of drug-likeness (QED) is 0.855. The van der Waals surface area contributed by atoms with Crippen molar-refractivity contribution in [3.05, 3.63) is 35.4 Å². The Morgan fingerprint density at radius 2 is 2.05 bits per heavy atom. The predicted octanol–water partition coefficient (Wildman–Crippen LogP) is 3.19. The number of hydrogen-bond donors (Lipinski definition) is 0. The monoisotopic (exact) mass is 291 g/mol.